The molecule has 0 amide bonds. The van der Waals surface area contributed by atoms with Gasteiger partial charge in [0.1, 0.15) is 28.7 Å². The lowest BCUT2D eigenvalue weighted by molar-refractivity contribution is 0.412. The number of phenolic OH excluding ortho intramolecular Hbond substituents is 1. The van der Waals surface area contributed by atoms with E-state index in [0.29, 0.717) is 28.0 Å². The number of ether oxygens (including phenoxy) is 1. The smallest absolute Gasteiger partial charge is 0.139 e. The molecular weight excluding hydrogens is 247 g/mol. The van der Waals surface area contributed by atoms with E-state index >= 15 is 0 Å². The largest absolute Gasteiger partial charge is 0.507 e. The quantitative estimate of drug-likeness (QED) is 0.756. The molecule has 1 aromatic heterocycles. The third kappa shape index (κ3) is 2.01. The van der Waals surface area contributed by atoms with Crippen LogP contribution in [0.25, 0.3) is 22.3 Å². The minimum atomic E-state index is -0.324. The van der Waals surface area contributed by atoms with E-state index in [-0.39, 0.29) is 11.6 Å². The predicted octanol–water partition coefficient (Wildman–Crippen LogP) is 3.95. The van der Waals surface area contributed by atoms with Crippen molar-refractivity contribution < 1.29 is 18.7 Å². The zero-order chi connectivity index (χ0) is 13.4. The highest BCUT2D eigenvalue weighted by Crippen LogP contribution is 2.35. The van der Waals surface area contributed by atoms with Crippen LogP contribution in [0, 0.1) is 5.82 Å². The van der Waals surface area contributed by atoms with E-state index in [9.17, 15) is 9.50 Å². The van der Waals surface area contributed by atoms with E-state index in [0.717, 1.165) is 0 Å². The summed E-state index contributed by atoms with van der Waals surface area (Å²) in [4.78, 5) is 0. The van der Waals surface area contributed by atoms with Gasteiger partial charge in [0.15, 0.2) is 0 Å². The third-order valence-electron chi connectivity index (χ3n) is 2.95. The van der Waals surface area contributed by atoms with Crippen molar-refractivity contribution in [3.05, 3.63) is 48.3 Å². The minimum Gasteiger partial charge on any atom is -0.507 e. The van der Waals surface area contributed by atoms with Crippen LogP contribution in [-0.4, -0.2) is 12.2 Å². The number of halogens is 1. The Kier molecular flexibility index (Phi) is 2.63. The van der Waals surface area contributed by atoms with Crippen LogP contribution in [0.5, 0.6) is 11.5 Å². The van der Waals surface area contributed by atoms with Crippen LogP contribution in [0.1, 0.15) is 0 Å². The molecule has 0 aliphatic heterocycles. The maximum Gasteiger partial charge on any atom is 0.139 e. The van der Waals surface area contributed by atoms with Gasteiger partial charge < -0.3 is 14.3 Å². The summed E-state index contributed by atoms with van der Waals surface area (Å²) in [5, 5.41) is 10.5. The number of rotatable bonds is 2. The summed E-state index contributed by atoms with van der Waals surface area (Å²) in [5.41, 5.74) is 1.08. The summed E-state index contributed by atoms with van der Waals surface area (Å²) in [6, 6.07) is 10.8. The molecular formula is C15H11FO3. The van der Waals surface area contributed by atoms with Crippen molar-refractivity contribution in [2.45, 2.75) is 0 Å². The average molecular weight is 258 g/mol. The molecule has 1 N–H and O–H groups in total. The van der Waals surface area contributed by atoms with Gasteiger partial charge in [0.2, 0.25) is 0 Å². The standard InChI is InChI=1S/C15H11FO3/c1-18-11-3-4-13(17)12(8-11)15-7-9-6-10(16)2-5-14(9)19-15/h2-8,17H,1H3. The fourth-order valence-corrected chi connectivity index (χ4v) is 1.99. The zero-order valence-corrected chi connectivity index (χ0v) is 10.2. The maximum atomic E-state index is 13.1. The topological polar surface area (TPSA) is 42.6 Å². The molecule has 19 heavy (non-hydrogen) atoms. The van der Waals surface area contributed by atoms with Gasteiger partial charge in [-0.15, -0.1) is 0 Å². The van der Waals surface area contributed by atoms with E-state index in [1.165, 1.54) is 18.2 Å². The molecule has 96 valence electrons. The van der Waals surface area contributed by atoms with Gasteiger partial charge in [0, 0.05) is 5.39 Å². The van der Waals surface area contributed by atoms with Gasteiger partial charge in [0.05, 0.1) is 12.7 Å². The first kappa shape index (κ1) is 11.6. The molecule has 3 rings (SSSR count). The SMILES string of the molecule is COc1ccc(O)c(-c2cc3cc(F)ccc3o2)c1. The Balaban J connectivity index is 2.18. The normalized spacial score (nSPS) is 10.8. The van der Waals surface area contributed by atoms with Crippen LogP contribution < -0.4 is 4.74 Å². The second-order valence-electron chi connectivity index (χ2n) is 4.18. The van der Waals surface area contributed by atoms with Crippen LogP contribution in [0.15, 0.2) is 46.9 Å². The van der Waals surface area contributed by atoms with Crippen molar-refractivity contribution in [1.82, 2.24) is 0 Å². The van der Waals surface area contributed by atoms with E-state index in [4.69, 9.17) is 9.15 Å². The molecule has 2 aromatic carbocycles. The highest BCUT2D eigenvalue weighted by atomic mass is 19.1. The van der Waals surface area contributed by atoms with Crippen molar-refractivity contribution in [3.8, 4) is 22.8 Å². The summed E-state index contributed by atoms with van der Waals surface area (Å²) < 4.78 is 23.9. The molecule has 0 unspecified atom stereocenters. The number of fused-ring (bicyclic) bond motifs is 1. The van der Waals surface area contributed by atoms with E-state index in [2.05, 4.69) is 0 Å². The lowest BCUT2D eigenvalue weighted by Crippen LogP contribution is -1.83. The van der Waals surface area contributed by atoms with Gasteiger partial charge in [-0.05, 0) is 42.5 Å². The van der Waals surface area contributed by atoms with Crippen molar-refractivity contribution in [3.63, 3.8) is 0 Å². The number of methoxy groups -OCH3 is 1. The van der Waals surface area contributed by atoms with Gasteiger partial charge in [-0.1, -0.05) is 0 Å². The van der Waals surface area contributed by atoms with Crippen LogP contribution in [-0.2, 0) is 0 Å². The number of phenols is 1. The molecule has 0 saturated heterocycles. The van der Waals surface area contributed by atoms with Crippen LogP contribution >= 0.6 is 0 Å². The highest BCUT2D eigenvalue weighted by molar-refractivity contribution is 5.84. The lowest BCUT2D eigenvalue weighted by Gasteiger charge is -2.04. The number of furan rings is 1. The lowest BCUT2D eigenvalue weighted by atomic mass is 10.1. The maximum absolute atomic E-state index is 13.1. The van der Waals surface area contributed by atoms with Gasteiger partial charge >= 0.3 is 0 Å². The first-order valence-electron chi connectivity index (χ1n) is 5.74. The summed E-state index contributed by atoms with van der Waals surface area (Å²) in [7, 11) is 1.55. The molecule has 0 spiro atoms. The molecule has 3 nitrogen and oxygen atoms in total. The molecule has 0 aliphatic rings. The summed E-state index contributed by atoms with van der Waals surface area (Å²) in [6.07, 6.45) is 0. The summed E-state index contributed by atoms with van der Waals surface area (Å²) in [6.45, 7) is 0. The third-order valence-corrected chi connectivity index (χ3v) is 2.95. The molecule has 0 aliphatic carbocycles. The van der Waals surface area contributed by atoms with Crippen LogP contribution in [0.2, 0.25) is 0 Å². The molecule has 1 heterocycles. The number of hydrogen-bond donors (Lipinski definition) is 1. The van der Waals surface area contributed by atoms with Crippen molar-refractivity contribution in [1.29, 1.82) is 0 Å². The Morgan fingerprint density at radius 2 is 1.95 bits per heavy atom. The predicted molar refractivity (Wildman–Crippen MR) is 69.8 cm³/mol. The van der Waals surface area contributed by atoms with E-state index in [1.807, 2.05) is 0 Å². The molecule has 3 aromatic rings. The van der Waals surface area contributed by atoms with Gasteiger partial charge in [-0.2, -0.15) is 0 Å². The monoisotopic (exact) mass is 258 g/mol. The van der Waals surface area contributed by atoms with Crippen molar-refractivity contribution >= 4 is 11.0 Å². The Morgan fingerprint density at radius 3 is 2.74 bits per heavy atom. The molecule has 0 bridgehead atoms. The first-order chi connectivity index (χ1) is 9.17. The number of benzene rings is 2. The Morgan fingerprint density at radius 1 is 1.11 bits per heavy atom. The Labute approximate surface area is 108 Å². The Hall–Kier alpha value is -2.49. The second kappa shape index (κ2) is 4.31. The minimum absolute atomic E-state index is 0.0836. The fraction of sp³-hybridized carbons (Fsp3) is 0.0667. The molecule has 4 heteroatoms. The number of aromatic hydroxyl groups is 1. The van der Waals surface area contributed by atoms with Crippen molar-refractivity contribution in [2.75, 3.05) is 7.11 Å². The van der Waals surface area contributed by atoms with Crippen molar-refractivity contribution in [2.24, 2.45) is 0 Å². The summed E-state index contributed by atoms with van der Waals surface area (Å²) in [5.74, 6) is 0.839. The molecule has 0 fully saturated rings. The second-order valence-corrected chi connectivity index (χ2v) is 4.18. The van der Waals surface area contributed by atoms with Crippen LogP contribution in [0.3, 0.4) is 0 Å². The van der Waals surface area contributed by atoms with Gasteiger partial charge in [-0.3, -0.25) is 0 Å². The number of hydrogen-bond acceptors (Lipinski definition) is 3. The Bertz CT molecular complexity index is 746. The van der Waals surface area contributed by atoms with E-state index < -0.39 is 0 Å². The zero-order valence-electron chi connectivity index (χ0n) is 10.2. The molecule has 0 saturated carbocycles. The highest BCUT2D eigenvalue weighted by Gasteiger charge is 2.12. The van der Waals surface area contributed by atoms with Gasteiger partial charge in [0.25, 0.3) is 0 Å². The van der Waals surface area contributed by atoms with Gasteiger partial charge in [-0.25, -0.2) is 4.39 Å². The summed E-state index contributed by atoms with van der Waals surface area (Å²) >= 11 is 0. The molecule has 0 radical (unpaired) electrons. The van der Waals surface area contributed by atoms with E-state index in [1.54, 1.807) is 31.4 Å². The average Bonchev–Trinajstić information content (AvgIpc) is 2.82. The van der Waals surface area contributed by atoms with Crippen LogP contribution in [0.4, 0.5) is 4.39 Å². The fourth-order valence-electron chi connectivity index (χ4n) is 1.99. The molecule has 0 atom stereocenters. The first-order valence-corrected chi connectivity index (χ1v) is 5.74.